The number of unbranched alkanes of at least 4 members (excludes halogenated alkanes) is 1. The Morgan fingerprint density at radius 2 is 1.78 bits per heavy atom. The average Bonchev–Trinajstić information content (AvgIpc) is 3.53. The van der Waals surface area contributed by atoms with Gasteiger partial charge < -0.3 is 20.2 Å². The molecule has 0 spiro atoms. The molecule has 2 aromatic carbocycles. The van der Waals surface area contributed by atoms with Gasteiger partial charge in [0.25, 0.3) is 0 Å². The van der Waals surface area contributed by atoms with E-state index >= 15 is 0 Å². The number of rotatable bonds is 10. The molecule has 0 amide bonds. The van der Waals surface area contributed by atoms with Crippen molar-refractivity contribution in [3.05, 3.63) is 64.1 Å². The molecular weight excluding hydrogens is 468 g/mol. The van der Waals surface area contributed by atoms with Gasteiger partial charge in [0.15, 0.2) is 11.5 Å². The molecule has 0 radical (unpaired) electrons. The minimum absolute atomic E-state index is 0.183. The number of nitrogens with one attached hydrogen (secondary N) is 1. The van der Waals surface area contributed by atoms with Gasteiger partial charge in [-0.15, -0.1) is 0 Å². The Balaban J connectivity index is 1.39. The molecule has 1 saturated heterocycles. The number of aromatic amines is 1. The van der Waals surface area contributed by atoms with Crippen LogP contribution in [-0.2, 0) is 13.1 Å². The number of hydrogen-bond donors (Lipinski definition) is 2. The van der Waals surface area contributed by atoms with Crippen molar-refractivity contribution < 1.29 is 9.47 Å². The van der Waals surface area contributed by atoms with Crippen LogP contribution >= 0.6 is 0 Å². The molecule has 2 aromatic heterocycles. The summed E-state index contributed by atoms with van der Waals surface area (Å²) >= 11 is 0. The summed E-state index contributed by atoms with van der Waals surface area (Å²) in [6.07, 6.45) is 4.43. The zero-order chi connectivity index (χ0) is 25.8. The van der Waals surface area contributed by atoms with Crippen molar-refractivity contribution in [2.75, 3.05) is 32.5 Å². The monoisotopic (exact) mass is 502 g/mol. The molecule has 0 bridgehead atoms. The van der Waals surface area contributed by atoms with E-state index in [2.05, 4.69) is 51.0 Å². The minimum atomic E-state index is -0.290. The first kappa shape index (κ1) is 24.8. The summed E-state index contributed by atoms with van der Waals surface area (Å²) in [6.45, 7) is 6.20. The minimum Gasteiger partial charge on any atom is -0.496 e. The van der Waals surface area contributed by atoms with Gasteiger partial charge in [-0.2, -0.15) is 9.97 Å². The third-order valence-electron chi connectivity index (χ3n) is 6.83. The summed E-state index contributed by atoms with van der Waals surface area (Å²) in [5.74, 6) is 1.04. The highest BCUT2D eigenvalue weighted by Crippen LogP contribution is 2.32. The van der Waals surface area contributed by atoms with Gasteiger partial charge in [-0.25, -0.2) is 4.79 Å². The van der Waals surface area contributed by atoms with Gasteiger partial charge in [-0.3, -0.25) is 9.47 Å². The van der Waals surface area contributed by atoms with Crippen LogP contribution in [-0.4, -0.2) is 51.2 Å². The fraction of sp³-hybridized carbons (Fsp3) is 0.393. The first-order valence-corrected chi connectivity index (χ1v) is 12.9. The molecule has 37 heavy (non-hydrogen) atoms. The highest BCUT2D eigenvalue weighted by molar-refractivity contribution is 5.82. The number of methoxy groups -OCH3 is 1. The standard InChI is InChI=1S/C28H34N6O3/c1-3-4-15-37-27-31-25(29)24-26(32-27)34(28(35)30-24)18-19-7-10-21(11-8-19)22-16-20(9-12-23(22)36-2)17-33-13-5-6-14-33/h7-12,16H,3-6,13-15,17-18H2,1-2H3,(H,30,35)(H2,29,31,32). The third-order valence-corrected chi connectivity index (χ3v) is 6.83. The van der Waals surface area contributed by atoms with E-state index in [-0.39, 0.29) is 17.5 Å². The molecule has 0 aliphatic carbocycles. The normalized spacial score (nSPS) is 13.9. The summed E-state index contributed by atoms with van der Waals surface area (Å²) in [7, 11) is 1.70. The second-order valence-electron chi connectivity index (χ2n) is 9.52. The van der Waals surface area contributed by atoms with Crippen LogP contribution in [0.4, 0.5) is 5.82 Å². The number of nitrogens with two attached hydrogens (primary N) is 1. The summed E-state index contributed by atoms with van der Waals surface area (Å²) < 4.78 is 12.9. The number of benzene rings is 2. The van der Waals surface area contributed by atoms with E-state index in [1.165, 1.54) is 18.4 Å². The molecule has 0 unspecified atom stereocenters. The predicted molar refractivity (Wildman–Crippen MR) is 145 cm³/mol. The Kier molecular flexibility index (Phi) is 7.41. The van der Waals surface area contributed by atoms with Crippen LogP contribution < -0.4 is 20.9 Å². The Morgan fingerprint density at radius 3 is 2.51 bits per heavy atom. The van der Waals surface area contributed by atoms with E-state index in [9.17, 15) is 4.79 Å². The molecular formula is C28H34N6O3. The van der Waals surface area contributed by atoms with Crippen LogP contribution in [0, 0.1) is 0 Å². The number of imidazole rings is 1. The number of nitrogens with zero attached hydrogens (tertiary/aromatic N) is 4. The van der Waals surface area contributed by atoms with Gasteiger partial charge in [0, 0.05) is 12.1 Å². The van der Waals surface area contributed by atoms with Gasteiger partial charge in [-0.1, -0.05) is 43.7 Å². The number of aromatic nitrogens is 4. The van der Waals surface area contributed by atoms with Gasteiger partial charge >= 0.3 is 11.7 Å². The van der Waals surface area contributed by atoms with E-state index in [0.29, 0.717) is 24.3 Å². The molecule has 3 N–H and O–H groups in total. The Bertz CT molecular complexity index is 1420. The lowest BCUT2D eigenvalue weighted by atomic mass is 10.00. The van der Waals surface area contributed by atoms with E-state index < -0.39 is 0 Å². The first-order valence-electron chi connectivity index (χ1n) is 12.9. The molecule has 0 saturated carbocycles. The summed E-state index contributed by atoms with van der Waals surface area (Å²) in [5, 5.41) is 0. The van der Waals surface area contributed by atoms with Crippen molar-refractivity contribution in [2.24, 2.45) is 0 Å². The van der Waals surface area contributed by atoms with Gasteiger partial charge in [0.1, 0.15) is 11.3 Å². The molecule has 1 fully saturated rings. The molecule has 3 heterocycles. The fourth-order valence-electron chi connectivity index (χ4n) is 4.80. The Hall–Kier alpha value is -3.85. The van der Waals surface area contributed by atoms with E-state index in [1.807, 2.05) is 18.2 Å². The molecule has 1 aliphatic heterocycles. The molecule has 1 aliphatic rings. The number of likely N-dealkylation sites (tertiary alicyclic amines) is 1. The molecule has 194 valence electrons. The number of H-pyrrole nitrogens is 1. The van der Waals surface area contributed by atoms with Crippen LogP contribution in [0.1, 0.15) is 43.7 Å². The van der Waals surface area contributed by atoms with Crippen LogP contribution in [0.5, 0.6) is 11.8 Å². The second kappa shape index (κ2) is 11.0. The van der Waals surface area contributed by atoms with Crippen molar-refractivity contribution in [3.63, 3.8) is 0 Å². The third kappa shape index (κ3) is 5.46. The highest BCUT2D eigenvalue weighted by Gasteiger charge is 2.16. The van der Waals surface area contributed by atoms with Gasteiger partial charge in [0.05, 0.1) is 20.3 Å². The fourth-order valence-corrected chi connectivity index (χ4v) is 4.80. The molecule has 9 nitrogen and oxygen atoms in total. The number of fused-ring (bicyclic) bond motifs is 1. The second-order valence-corrected chi connectivity index (χ2v) is 9.52. The summed E-state index contributed by atoms with van der Waals surface area (Å²) in [6, 6.07) is 14.8. The molecule has 9 heteroatoms. The predicted octanol–water partition coefficient (Wildman–Crippen LogP) is 4.20. The lowest BCUT2D eigenvalue weighted by molar-refractivity contribution is 0.286. The Labute approximate surface area is 216 Å². The lowest BCUT2D eigenvalue weighted by Gasteiger charge is -2.17. The van der Waals surface area contributed by atoms with E-state index in [1.54, 1.807) is 11.7 Å². The smallest absolute Gasteiger partial charge is 0.328 e. The van der Waals surface area contributed by atoms with Crippen molar-refractivity contribution in [1.29, 1.82) is 0 Å². The molecule has 4 aromatic rings. The van der Waals surface area contributed by atoms with Crippen LogP contribution in [0.3, 0.4) is 0 Å². The van der Waals surface area contributed by atoms with Crippen LogP contribution in [0.15, 0.2) is 47.3 Å². The quantitative estimate of drug-likeness (QED) is 0.313. The van der Waals surface area contributed by atoms with Crippen molar-refractivity contribution in [2.45, 2.75) is 45.7 Å². The molecule has 0 atom stereocenters. The topological polar surface area (TPSA) is 111 Å². The van der Waals surface area contributed by atoms with Crippen LogP contribution in [0.2, 0.25) is 0 Å². The van der Waals surface area contributed by atoms with Crippen molar-refractivity contribution in [1.82, 2.24) is 24.4 Å². The Morgan fingerprint density at radius 1 is 1.03 bits per heavy atom. The average molecular weight is 503 g/mol. The van der Waals surface area contributed by atoms with E-state index in [4.69, 9.17) is 15.2 Å². The largest absolute Gasteiger partial charge is 0.496 e. The van der Waals surface area contributed by atoms with E-state index in [0.717, 1.165) is 54.9 Å². The maximum atomic E-state index is 12.7. The van der Waals surface area contributed by atoms with Crippen LogP contribution in [0.25, 0.3) is 22.3 Å². The van der Waals surface area contributed by atoms with Gasteiger partial charge in [0.2, 0.25) is 0 Å². The summed E-state index contributed by atoms with van der Waals surface area (Å²) in [4.78, 5) is 26.7. The number of nitrogen functional groups attached to an aromatic ring is 1. The molecule has 5 rings (SSSR count). The maximum absolute atomic E-state index is 12.7. The zero-order valence-electron chi connectivity index (χ0n) is 21.5. The SMILES string of the molecule is CCCCOc1nc(N)c2[nH]c(=O)n(Cc3ccc(-c4cc(CN5CCCC5)ccc4OC)cc3)c2n1. The number of anilines is 1. The van der Waals surface area contributed by atoms with Gasteiger partial charge in [-0.05, 0) is 61.2 Å². The van der Waals surface area contributed by atoms with Crippen molar-refractivity contribution >= 4 is 17.0 Å². The maximum Gasteiger partial charge on any atom is 0.328 e. The zero-order valence-corrected chi connectivity index (χ0v) is 21.5. The van der Waals surface area contributed by atoms with Crippen molar-refractivity contribution in [3.8, 4) is 22.9 Å². The summed E-state index contributed by atoms with van der Waals surface area (Å²) in [5.41, 5.74) is 11.0. The number of ether oxygens (including phenoxy) is 2. The highest BCUT2D eigenvalue weighted by atomic mass is 16.5. The first-order chi connectivity index (χ1) is 18.1. The lowest BCUT2D eigenvalue weighted by Crippen LogP contribution is -2.18. The number of hydrogen-bond acceptors (Lipinski definition) is 7.